The maximum absolute atomic E-state index is 11.0. The average Bonchev–Trinajstić information content (AvgIpc) is 2.11. The van der Waals surface area contributed by atoms with E-state index in [1.807, 2.05) is 0 Å². The third-order valence-electron chi connectivity index (χ3n) is 3.04. The minimum absolute atomic E-state index is 0.228. The number of likely N-dealkylation sites (tertiary alicyclic amines) is 1. The number of rotatable bonds is 4. The van der Waals surface area contributed by atoms with E-state index in [-0.39, 0.29) is 5.91 Å². The molecule has 0 bridgehead atoms. The Balaban J connectivity index is 2.42. The van der Waals surface area contributed by atoms with Crippen LogP contribution in [0.4, 0.5) is 0 Å². The lowest BCUT2D eigenvalue weighted by Crippen LogP contribution is -2.52. The Kier molecular flexibility index (Phi) is 4.95. The molecule has 1 amide bonds. The Morgan fingerprint density at radius 2 is 2.06 bits per heavy atom. The van der Waals surface area contributed by atoms with Crippen LogP contribution in [0.5, 0.6) is 0 Å². The fraction of sp³-hybridized carbons (Fsp3) is 0.923. The first-order chi connectivity index (χ1) is 7.76. The van der Waals surface area contributed by atoms with Crippen molar-refractivity contribution in [1.29, 1.82) is 0 Å². The van der Waals surface area contributed by atoms with Gasteiger partial charge in [-0.15, -0.1) is 0 Å². The molecule has 0 saturated carbocycles. The maximum atomic E-state index is 11.0. The van der Waals surface area contributed by atoms with Crippen LogP contribution < -0.4 is 11.1 Å². The van der Waals surface area contributed by atoms with Gasteiger partial charge < -0.3 is 11.1 Å². The molecule has 1 aliphatic heterocycles. The molecule has 3 N–H and O–H groups in total. The summed E-state index contributed by atoms with van der Waals surface area (Å²) in [6.45, 7) is 12.2. The van der Waals surface area contributed by atoms with Gasteiger partial charge in [0, 0.05) is 25.7 Å². The molecule has 0 aromatic heterocycles. The van der Waals surface area contributed by atoms with E-state index < -0.39 is 0 Å². The van der Waals surface area contributed by atoms with Crippen LogP contribution in [0.1, 0.15) is 34.1 Å². The number of hydrogen-bond donors (Lipinski definition) is 2. The van der Waals surface area contributed by atoms with Gasteiger partial charge in [-0.1, -0.05) is 27.7 Å². The molecule has 100 valence electrons. The highest BCUT2D eigenvalue weighted by atomic mass is 16.1. The molecule has 1 aliphatic rings. The molecule has 1 fully saturated rings. The molecule has 0 spiro atoms. The van der Waals surface area contributed by atoms with Crippen molar-refractivity contribution >= 4 is 5.91 Å². The second-order valence-corrected chi connectivity index (χ2v) is 6.64. The van der Waals surface area contributed by atoms with E-state index in [9.17, 15) is 4.79 Å². The topological polar surface area (TPSA) is 58.4 Å². The van der Waals surface area contributed by atoms with E-state index in [1.165, 1.54) is 6.42 Å². The summed E-state index contributed by atoms with van der Waals surface area (Å²) in [6, 6.07) is 0.484. The molecule has 4 heteroatoms. The highest BCUT2D eigenvalue weighted by Crippen LogP contribution is 2.18. The molecule has 4 nitrogen and oxygen atoms in total. The summed E-state index contributed by atoms with van der Waals surface area (Å²) in [4.78, 5) is 13.1. The number of nitrogens with one attached hydrogen (secondary N) is 1. The van der Waals surface area contributed by atoms with Gasteiger partial charge in [-0.05, 0) is 17.8 Å². The zero-order chi connectivity index (χ0) is 13.1. The summed E-state index contributed by atoms with van der Waals surface area (Å²) in [5.74, 6) is 0.397. The summed E-state index contributed by atoms with van der Waals surface area (Å²) in [5.41, 5.74) is 5.56. The summed E-state index contributed by atoms with van der Waals surface area (Å²) in [7, 11) is 0. The zero-order valence-corrected chi connectivity index (χ0v) is 11.6. The second-order valence-electron chi connectivity index (χ2n) is 6.64. The van der Waals surface area contributed by atoms with E-state index in [4.69, 9.17) is 5.73 Å². The fourth-order valence-electron chi connectivity index (χ4n) is 2.41. The first-order valence-corrected chi connectivity index (χ1v) is 6.50. The second kappa shape index (κ2) is 5.83. The SMILES string of the molecule is CC1CC(NCC(C)(C)C)CN(CC(N)=O)C1. The largest absolute Gasteiger partial charge is 0.369 e. The van der Waals surface area contributed by atoms with Gasteiger partial charge in [0.2, 0.25) is 5.91 Å². The van der Waals surface area contributed by atoms with E-state index in [0.29, 0.717) is 23.9 Å². The Bertz CT molecular complexity index is 260. The lowest BCUT2D eigenvalue weighted by molar-refractivity contribution is -0.119. The first kappa shape index (κ1) is 14.5. The predicted octanol–water partition coefficient (Wildman–Crippen LogP) is 0.818. The summed E-state index contributed by atoms with van der Waals surface area (Å²) >= 11 is 0. The van der Waals surface area contributed by atoms with Crippen LogP contribution in [0.15, 0.2) is 0 Å². The van der Waals surface area contributed by atoms with Crippen molar-refractivity contribution in [3.05, 3.63) is 0 Å². The van der Waals surface area contributed by atoms with Crippen LogP contribution in [-0.4, -0.2) is 43.0 Å². The molecule has 17 heavy (non-hydrogen) atoms. The van der Waals surface area contributed by atoms with Crippen molar-refractivity contribution in [2.24, 2.45) is 17.1 Å². The maximum Gasteiger partial charge on any atom is 0.231 e. The Hall–Kier alpha value is -0.610. The Labute approximate surface area is 105 Å². The summed E-state index contributed by atoms with van der Waals surface area (Å²) in [5, 5.41) is 3.60. The standard InChI is InChI=1S/C13H27N3O/c1-10-5-11(15-9-13(2,3)4)7-16(6-10)8-12(14)17/h10-11,15H,5-9H2,1-4H3,(H2,14,17). The molecule has 1 saturated heterocycles. The van der Waals surface area contributed by atoms with E-state index in [0.717, 1.165) is 19.6 Å². The van der Waals surface area contributed by atoms with Gasteiger partial charge in [0.25, 0.3) is 0 Å². The van der Waals surface area contributed by atoms with Crippen LogP contribution in [0.25, 0.3) is 0 Å². The number of amides is 1. The zero-order valence-electron chi connectivity index (χ0n) is 11.6. The summed E-state index contributed by atoms with van der Waals surface area (Å²) < 4.78 is 0. The van der Waals surface area contributed by atoms with E-state index in [1.54, 1.807) is 0 Å². The quantitative estimate of drug-likeness (QED) is 0.766. The molecule has 0 aromatic carbocycles. The van der Waals surface area contributed by atoms with Crippen molar-refractivity contribution in [2.45, 2.75) is 40.2 Å². The van der Waals surface area contributed by atoms with Crippen LogP contribution in [0.2, 0.25) is 0 Å². The molecule has 2 unspecified atom stereocenters. The van der Waals surface area contributed by atoms with Gasteiger partial charge in [-0.2, -0.15) is 0 Å². The number of primary amides is 1. The van der Waals surface area contributed by atoms with Crippen LogP contribution in [-0.2, 0) is 4.79 Å². The third-order valence-corrected chi connectivity index (χ3v) is 3.04. The molecule has 1 rings (SSSR count). The number of carbonyl (C=O) groups is 1. The molecule has 0 radical (unpaired) electrons. The normalized spacial score (nSPS) is 27.1. The third kappa shape index (κ3) is 6.03. The van der Waals surface area contributed by atoms with Crippen LogP contribution >= 0.6 is 0 Å². The van der Waals surface area contributed by atoms with Crippen LogP contribution in [0.3, 0.4) is 0 Å². The smallest absolute Gasteiger partial charge is 0.231 e. The number of nitrogens with zero attached hydrogens (tertiary/aromatic N) is 1. The van der Waals surface area contributed by atoms with Crippen molar-refractivity contribution in [3.8, 4) is 0 Å². The van der Waals surface area contributed by atoms with Crippen molar-refractivity contribution in [1.82, 2.24) is 10.2 Å². The Morgan fingerprint density at radius 3 is 2.59 bits per heavy atom. The molecular formula is C13H27N3O. The van der Waals surface area contributed by atoms with Gasteiger partial charge in [0.15, 0.2) is 0 Å². The number of piperidine rings is 1. The molecule has 1 heterocycles. The predicted molar refractivity (Wildman–Crippen MR) is 70.7 cm³/mol. The molecular weight excluding hydrogens is 214 g/mol. The van der Waals surface area contributed by atoms with E-state index in [2.05, 4.69) is 37.9 Å². The molecule has 0 aliphatic carbocycles. The van der Waals surface area contributed by atoms with Gasteiger partial charge in [0.1, 0.15) is 0 Å². The minimum Gasteiger partial charge on any atom is -0.369 e. The van der Waals surface area contributed by atoms with Crippen molar-refractivity contribution in [3.63, 3.8) is 0 Å². The van der Waals surface area contributed by atoms with Gasteiger partial charge in [0.05, 0.1) is 6.54 Å². The monoisotopic (exact) mass is 241 g/mol. The Morgan fingerprint density at radius 1 is 1.41 bits per heavy atom. The number of carbonyl (C=O) groups excluding carboxylic acids is 1. The van der Waals surface area contributed by atoms with E-state index >= 15 is 0 Å². The highest BCUT2D eigenvalue weighted by Gasteiger charge is 2.26. The lowest BCUT2D eigenvalue weighted by atomic mass is 9.93. The number of nitrogens with two attached hydrogens (primary N) is 1. The van der Waals surface area contributed by atoms with Crippen molar-refractivity contribution < 1.29 is 4.79 Å². The molecule has 2 atom stereocenters. The van der Waals surface area contributed by atoms with Crippen molar-refractivity contribution in [2.75, 3.05) is 26.2 Å². The summed E-state index contributed by atoms with van der Waals surface area (Å²) in [6.07, 6.45) is 1.19. The minimum atomic E-state index is -0.228. The average molecular weight is 241 g/mol. The highest BCUT2D eigenvalue weighted by molar-refractivity contribution is 5.75. The van der Waals surface area contributed by atoms with Crippen LogP contribution in [0, 0.1) is 11.3 Å². The lowest BCUT2D eigenvalue weighted by Gasteiger charge is -2.37. The fourth-order valence-corrected chi connectivity index (χ4v) is 2.41. The van der Waals surface area contributed by atoms with Gasteiger partial charge in [-0.25, -0.2) is 0 Å². The molecule has 0 aromatic rings. The number of hydrogen-bond acceptors (Lipinski definition) is 3. The first-order valence-electron chi connectivity index (χ1n) is 6.50. The van der Waals surface area contributed by atoms with Gasteiger partial charge in [-0.3, -0.25) is 9.69 Å². The van der Waals surface area contributed by atoms with Gasteiger partial charge >= 0.3 is 0 Å².